The number of aromatic hydroxyl groups is 1. The second kappa shape index (κ2) is 7.24. The molecule has 0 spiro atoms. The van der Waals surface area contributed by atoms with Gasteiger partial charge in [0.25, 0.3) is 0 Å². The lowest BCUT2D eigenvalue weighted by Crippen LogP contribution is -2.03. The molecule has 0 saturated heterocycles. The summed E-state index contributed by atoms with van der Waals surface area (Å²) >= 11 is 4.68. The predicted molar refractivity (Wildman–Crippen MR) is 81.5 cm³/mol. The van der Waals surface area contributed by atoms with Crippen LogP contribution < -0.4 is 4.74 Å². The highest BCUT2D eigenvalue weighted by atomic mass is 127. The number of para-hydroxylation sites is 1. The van der Waals surface area contributed by atoms with Crippen LogP contribution >= 0.6 is 45.2 Å². The Morgan fingerprint density at radius 2 is 2.12 bits per heavy atom. The molecule has 1 aromatic carbocycles. The number of hydrogen-bond acceptors (Lipinski definition) is 3. The number of halogens is 2. The van der Waals surface area contributed by atoms with Crippen molar-refractivity contribution in [2.75, 3.05) is 0 Å². The quantitative estimate of drug-likeness (QED) is 0.301. The van der Waals surface area contributed by atoms with Gasteiger partial charge in [-0.2, -0.15) is 0 Å². The average molecular weight is 462 g/mol. The Bertz CT molecular complexity index is 393. The molecular weight excluding hydrogens is 450 g/mol. The zero-order valence-corrected chi connectivity index (χ0v) is 13.2. The standard InChI is InChI=1S/C11H12I2O4/c12-9(13)6-2-4-7-3-1-5-8(10(7)14)17-11(15)16/h1,3,5,9,14H,2,4,6H2,(H,15,16). The van der Waals surface area contributed by atoms with Crippen molar-refractivity contribution in [3.05, 3.63) is 23.8 Å². The number of ether oxygens (including phenoxy) is 1. The topological polar surface area (TPSA) is 66.8 Å². The van der Waals surface area contributed by atoms with Gasteiger partial charge in [-0.05, 0) is 30.9 Å². The molecule has 0 unspecified atom stereocenters. The van der Waals surface area contributed by atoms with Gasteiger partial charge in [-0.1, -0.05) is 57.3 Å². The van der Waals surface area contributed by atoms with Gasteiger partial charge in [-0.3, -0.25) is 0 Å². The van der Waals surface area contributed by atoms with Gasteiger partial charge in [0.05, 0.1) is 1.93 Å². The van der Waals surface area contributed by atoms with Crippen LogP contribution in [-0.4, -0.2) is 18.3 Å². The molecule has 0 saturated carbocycles. The first-order chi connectivity index (χ1) is 8.00. The first-order valence-corrected chi connectivity index (χ1v) is 7.49. The maximum atomic E-state index is 10.4. The van der Waals surface area contributed by atoms with E-state index in [1.165, 1.54) is 6.07 Å². The van der Waals surface area contributed by atoms with E-state index in [1.807, 2.05) is 0 Å². The maximum Gasteiger partial charge on any atom is 0.511 e. The number of rotatable bonds is 5. The Hall–Kier alpha value is -0.250. The highest BCUT2D eigenvalue weighted by Crippen LogP contribution is 2.31. The molecule has 0 heterocycles. The third-order valence-corrected chi connectivity index (χ3v) is 3.39. The van der Waals surface area contributed by atoms with E-state index in [0.29, 0.717) is 8.35 Å². The van der Waals surface area contributed by atoms with Crippen LogP contribution in [-0.2, 0) is 6.42 Å². The largest absolute Gasteiger partial charge is 0.511 e. The van der Waals surface area contributed by atoms with E-state index >= 15 is 0 Å². The zero-order chi connectivity index (χ0) is 12.8. The lowest BCUT2D eigenvalue weighted by Gasteiger charge is -2.08. The SMILES string of the molecule is O=C(O)Oc1cccc(CCCC(I)I)c1O. The molecular formula is C11H12I2O4. The van der Waals surface area contributed by atoms with E-state index in [0.717, 1.165) is 18.4 Å². The highest BCUT2D eigenvalue weighted by Gasteiger charge is 2.11. The molecule has 1 aromatic rings. The Balaban J connectivity index is 2.69. The third kappa shape index (κ3) is 5.28. The van der Waals surface area contributed by atoms with Crippen LogP contribution in [0.25, 0.3) is 0 Å². The van der Waals surface area contributed by atoms with E-state index < -0.39 is 6.16 Å². The fourth-order valence-electron chi connectivity index (χ4n) is 1.39. The number of aryl methyl sites for hydroxylation is 1. The van der Waals surface area contributed by atoms with Crippen LogP contribution in [0.3, 0.4) is 0 Å². The second-order valence-electron chi connectivity index (χ2n) is 3.42. The minimum Gasteiger partial charge on any atom is -0.504 e. The van der Waals surface area contributed by atoms with Crippen molar-refractivity contribution in [2.45, 2.75) is 21.2 Å². The molecule has 0 fully saturated rings. The maximum absolute atomic E-state index is 10.4. The Morgan fingerprint density at radius 1 is 1.41 bits per heavy atom. The fraction of sp³-hybridized carbons (Fsp3) is 0.364. The number of hydrogen-bond donors (Lipinski definition) is 2. The zero-order valence-electron chi connectivity index (χ0n) is 8.90. The summed E-state index contributed by atoms with van der Waals surface area (Å²) in [4.78, 5) is 10.4. The number of carbonyl (C=O) groups is 1. The summed E-state index contributed by atoms with van der Waals surface area (Å²) in [5.74, 6) is -0.0798. The molecule has 0 aliphatic rings. The van der Waals surface area contributed by atoms with Gasteiger partial charge in [-0.25, -0.2) is 4.79 Å². The average Bonchev–Trinajstić information content (AvgIpc) is 2.22. The fourth-order valence-corrected chi connectivity index (χ4v) is 2.27. The summed E-state index contributed by atoms with van der Waals surface area (Å²) in [6.45, 7) is 0. The molecule has 0 aromatic heterocycles. The van der Waals surface area contributed by atoms with Crippen molar-refractivity contribution in [3.63, 3.8) is 0 Å². The van der Waals surface area contributed by atoms with E-state index in [-0.39, 0.29) is 11.5 Å². The highest BCUT2D eigenvalue weighted by molar-refractivity contribution is 14.2. The van der Waals surface area contributed by atoms with Crippen LogP contribution in [0.2, 0.25) is 0 Å². The summed E-state index contributed by atoms with van der Waals surface area (Å²) in [7, 11) is 0. The lowest BCUT2D eigenvalue weighted by molar-refractivity contribution is 0.143. The molecule has 2 N–H and O–H groups in total. The Labute approximate surface area is 127 Å². The molecule has 17 heavy (non-hydrogen) atoms. The molecule has 1 rings (SSSR count). The van der Waals surface area contributed by atoms with E-state index in [9.17, 15) is 9.90 Å². The van der Waals surface area contributed by atoms with Crippen LogP contribution in [0, 0.1) is 0 Å². The predicted octanol–water partition coefficient (Wildman–Crippen LogP) is 3.97. The van der Waals surface area contributed by atoms with Crippen molar-refractivity contribution >= 4 is 51.3 Å². The van der Waals surface area contributed by atoms with Gasteiger partial charge >= 0.3 is 6.16 Å². The molecule has 0 bridgehead atoms. The normalized spacial score (nSPS) is 10.5. The summed E-state index contributed by atoms with van der Waals surface area (Å²) in [5.41, 5.74) is 0.720. The Kier molecular flexibility index (Phi) is 6.31. The van der Waals surface area contributed by atoms with Gasteiger partial charge in [0.1, 0.15) is 0 Å². The summed E-state index contributed by atoms with van der Waals surface area (Å²) < 4.78 is 5.04. The number of carboxylic acid groups (broad SMARTS) is 1. The molecule has 0 radical (unpaired) electrons. The minimum absolute atomic E-state index is 0.00417. The summed E-state index contributed by atoms with van der Waals surface area (Å²) in [5, 5.41) is 18.3. The second-order valence-corrected chi connectivity index (χ2v) is 8.81. The molecule has 6 heteroatoms. The van der Waals surface area contributed by atoms with E-state index in [4.69, 9.17) is 5.11 Å². The monoisotopic (exact) mass is 462 g/mol. The Morgan fingerprint density at radius 3 is 2.71 bits per heavy atom. The molecule has 0 aliphatic heterocycles. The lowest BCUT2D eigenvalue weighted by atomic mass is 10.1. The first-order valence-electron chi connectivity index (χ1n) is 5.00. The van der Waals surface area contributed by atoms with Gasteiger partial charge in [0.15, 0.2) is 11.5 Å². The van der Waals surface area contributed by atoms with Crippen LogP contribution in [0.4, 0.5) is 4.79 Å². The van der Waals surface area contributed by atoms with Crippen LogP contribution in [0.5, 0.6) is 11.5 Å². The number of phenolic OH excluding ortho intramolecular Hbond substituents is 1. The van der Waals surface area contributed by atoms with Crippen molar-refractivity contribution in [2.24, 2.45) is 0 Å². The van der Waals surface area contributed by atoms with Crippen molar-refractivity contribution in [1.29, 1.82) is 0 Å². The van der Waals surface area contributed by atoms with Crippen molar-refractivity contribution in [3.8, 4) is 11.5 Å². The van der Waals surface area contributed by atoms with Gasteiger partial charge in [-0.15, -0.1) is 0 Å². The van der Waals surface area contributed by atoms with Gasteiger partial charge in [0, 0.05) is 0 Å². The number of phenols is 1. The van der Waals surface area contributed by atoms with Crippen LogP contribution in [0.1, 0.15) is 18.4 Å². The molecule has 94 valence electrons. The number of alkyl halides is 2. The van der Waals surface area contributed by atoms with Crippen molar-refractivity contribution < 1.29 is 19.7 Å². The van der Waals surface area contributed by atoms with Gasteiger partial charge in [0.2, 0.25) is 0 Å². The third-order valence-electron chi connectivity index (χ3n) is 2.15. The molecule has 0 atom stereocenters. The number of benzene rings is 1. The minimum atomic E-state index is -1.42. The molecule has 0 amide bonds. The molecule has 4 nitrogen and oxygen atoms in total. The van der Waals surface area contributed by atoms with Crippen molar-refractivity contribution in [1.82, 2.24) is 0 Å². The summed E-state index contributed by atoms with van der Waals surface area (Å²) in [6, 6.07) is 4.89. The first kappa shape index (κ1) is 14.8. The van der Waals surface area contributed by atoms with Crippen LogP contribution in [0.15, 0.2) is 18.2 Å². The smallest absolute Gasteiger partial charge is 0.504 e. The summed E-state index contributed by atoms with van der Waals surface area (Å²) in [6.07, 6.45) is 1.29. The van der Waals surface area contributed by atoms with E-state index in [1.54, 1.807) is 12.1 Å². The van der Waals surface area contributed by atoms with E-state index in [2.05, 4.69) is 49.9 Å². The van der Waals surface area contributed by atoms with Gasteiger partial charge < -0.3 is 14.9 Å². The molecule has 0 aliphatic carbocycles.